The van der Waals surface area contributed by atoms with Gasteiger partial charge in [-0.15, -0.1) is 0 Å². The molecule has 0 amide bonds. The van der Waals surface area contributed by atoms with Crippen LogP contribution in [0.2, 0.25) is 0 Å². The Hall–Kier alpha value is -3.08. The topological polar surface area (TPSA) is 94.8 Å². The van der Waals surface area contributed by atoms with E-state index in [1.165, 1.54) is 0 Å². The van der Waals surface area contributed by atoms with Crippen LogP contribution < -0.4 is 10.2 Å². The number of rotatable bonds is 10. The summed E-state index contributed by atoms with van der Waals surface area (Å²) < 4.78 is 10.8. The molecule has 1 saturated heterocycles. The van der Waals surface area contributed by atoms with Gasteiger partial charge in [-0.3, -0.25) is 4.79 Å². The molecule has 0 bridgehead atoms. The number of nitrogens with one attached hydrogen (secondary N) is 1. The largest absolute Gasteiger partial charge is 0.481 e. The average Bonchev–Trinajstić information content (AvgIpc) is 2.81. The number of methoxy groups -OCH3 is 1. The molecule has 1 atom stereocenters. The van der Waals surface area contributed by atoms with Crippen molar-refractivity contribution < 1.29 is 19.4 Å². The van der Waals surface area contributed by atoms with E-state index >= 15 is 0 Å². The van der Waals surface area contributed by atoms with Gasteiger partial charge < -0.3 is 24.8 Å². The van der Waals surface area contributed by atoms with Gasteiger partial charge >= 0.3 is 5.97 Å². The van der Waals surface area contributed by atoms with E-state index < -0.39 is 5.97 Å². The summed E-state index contributed by atoms with van der Waals surface area (Å²) >= 11 is 0. The van der Waals surface area contributed by atoms with Gasteiger partial charge in [-0.05, 0) is 49.6 Å². The van der Waals surface area contributed by atoms with Crippen molar-refractivity contribution in [2.24, 2.45) is 0 Å². The maximum atomic E-state index is 11.4. The summed E-state index contributed by atoms with van der Waals surface area (Å²) in [4.78, 5) is 13.8. The molecule has 32 heavy (non-hydrogen) atoms. The number of nitriles is 1. The second-order valence-electron chi connectivity index (χ2n) is 7.94. The lowest BCUT2D eigenvalue weighted by Gasteiger charge is -2.37. The fraction of sp³-hybridized carbons (Fsp3) is 0.440. The quantitative estimate of drug-likeness (QED) is 0.565. The number of anilines is 3. The number of aliphatic carboxylic acids is 1. The van der Waals surface area contributed by atoms with Crippen LogP contribution in [0.25, 0.3) is 0 Å². The van der Waals surface area contributed by atoms with Crippen molar-refractivity contribution in [3.05, 3.63) is 53.6 Å². The standard InChI is InChI=1S/C25H31N3O4/c1-3-28(21-10-12-32-13-11-21)24-9-8-18(20(17-31-2)15-25(29)30)14-23(24)27-22-7-5-4-6-19(22)16-26/h4-9,14,20-21,27H,3,10-13,15,17H2,1-2H3,(H,29,30)/t20-/m1/s1. The first-order valence-corrected chi connectivity index (χ1v) is 11.0. The molecule has 1 aliphatic heterocycles. The third-order valence-electron chi connectivity index (χ3n) is 5.88. The molecule has 0 spiro atoms. The summed E-state index contributed by atoms with van der Waals surface area (Å²) in [5.74, 6) is -1.13. The fourth-order valence-electron chi connectivity index (χ4n) is 4.30. The summed E-state index contributed by atoms with van der Waals surface area (Å²) in [6.45, 7) is 4.77. The van der Waals surface area contributed by atoms with Gasteiger partial charge in [-0.25, -0.2) is 0 Å². The van der Waals surface area contributed by atoms with E-state index in [1.807, 2.05) is 30.3 Å². The Kier molecular flexibility index (Phi) is 8.48. The Labute approximate surface area is 189 Å². The van der Waals surface area contributed by atoms with Gasteiger partial charge in [0.1, 0.15) is 6.07 Å². The third-order valence-corrected chi connectivity index (χ3v) is 5.88. The molecule has 0 aromatic heterocycles. The maximum absolute atomic E-state index is 11.4. The van der Waals surface area contributed by atoms with Crippen molar-refractivity contribution in [3.63, 3.8) is 0 Å². The second-order valence-corrected chi connectivity index (χ2v) is 7.94. The van der Waals surface area contributed by atoms with Gasteiger partial charge in [0.25, 0.3) is 0 Å². The molecule has 0 aliphatic carbocycles. The monoisotopic (exact) mass is 437 g/mol. The summed E-state index contributed by atoms with van der Waals surface area (Å²) in [6.07, 6.45) is 1.89. The van der Waals surface area contributed by atoms with E-state index in [-0.39, 0.29) is 12.3 Å². The van der Waals surface area contributed by atoms with Gasteiger partial charge in [-0.2, -0.15) is 5.26 Å². The number of nitrogens with zero attached hydrogens (tertiary/aromatic N) is 2. The first-order valence-electron chi connectivity index (χ1n) is 11.0. The summed E-state index contributed by atoms with van der Waals surface area (Å²) in [6, 6.07) is 16.0. The third kappa shape index (κ3) is 5.78. The number of carbonyl (C=O) groups is 1. The Morgan fingerprint density at radius 2 is 2.03 bits per heavy atom. The number of hydrogen-bond acceptors (Lipinski definition) is 6. The van der Waals surface area contributed by atoms with Crippen LogP contribution in [0.4, 0.5) is 17.1 Å². The van der Waals surface area contributed by atoms with Crippen LogP contribution in [0.5, 0.6) is 0 Å². The molecule has 1 aliphatic rings. The number of carboxylic acid groups (broad SMARTS) is 1. The molecule has 1 heterocycles. The van der Waals surface area contributed by atoms with E-state index in [2.05, 4.69) is 29.3 Å². The van der Waals surface area contributed by atoms with Gasteiger partial charge in [0.05, 0.1) is 35.7 Å². The van der Waals surface area contributed by atoms with Gasteiger partial charge in [0.15, 0.2) is 0 Å². The number of carboxylic acids is 1. The molecule has 170 valence electrons. The zero-order valence-electron chi connectivity index (χ0n) is 18.7. The smallest absolute Gasteiger partial charge is 0.304 e. The molecule has 0 unspecified atom stereocenters. The Balaban J connectivity index is 2.04. The maximum Gasteiger partial charge on any atom is 0.304 e. The first kappa shape index (κ1) is 23.6. The second kappa shape index (κ2) is 11.5. The molecule has 7 heteroatoms. The zero-order chi connectivity index (χ0) is 22.9. The molecule has 0 radical (unpaired) electrons. The number of ether oxygens (including phenoxy) is 2. The Morgan fingerprint density at radius 3 is 2.69 bits per heavy atom. The highest BCUT2D eigenvalue weighted by Gasteiger charge is 2.24. The molecule has 0 saturated carbocycles. The van der Waals surface area contributed by atoms with E-state index in [0.29, 0.717) is 18.2 Å². The summed E-state index contributed by atoms with van der Waals surface area (Å²) in [7, 11) is 1.58. The van der Waals surface area contributed by atoms with Crippen molar-refractivity contribution in [1.82, 2.24) is 0 Å². The average molecular weight is 438 g/mol. The molecule has 3 rings (SSSR count). The SMILES string of the molecule is CCN(c1ccc([C@@H](COC)CC(=O)O)cc1Nc1ccccc1C#N)C1CCOCC1. The number of hydrogen-bond donors (Lipinski definition) is 2. The van der Waals surface area contributed by atoms with Crippen molar-refractivity contribution >= 4 is 23.0 Å². The van der Waals surface area contributed by atoms with Gasteiger partial charge in [0.2, 0.25) is 0 Å². The fourth-order valence-corrected chi connectivity index (χ4v) is 4.30. The van der Waals surface area contributed by atoms with Crippen molar-refractivity contribution in [3.8, 4) is 6.07 Å². The highest BCUT2D eigenvalue weighted by atomic mass is 16.5. The van der Waals surface area contributed by atoms with Crippen molar-refractivity contribution in [2.75, 3.05) is 43.7 Å². The molecule has 2 N–H and O–H groups in total. The molecular formula is C25H31N3O4. The lowest BCUT2D eigenvalue weighted by atomic mass is 9.94. The minimum atomic E-state index is -0.863. The predicted octanol–water partition coefficient (Wildman–Crippen LogP) is 4.51. The van der Waals surface area contributed by atoms with Crippen LogP contribution in [0.15, 0.2) is 42.5 Å². The molecule has 2 aromatic rings. The highest BCUT2D eigenvalue weighted by Crippen LogP contribution is 2.36. The molecule has 7 nitrogen and oxygen atoms in total. The molecule has 1 fully saturated rings. The number of benzene rings is 2. The van der Waals surface area contributed by atoms with E-state index in [4.69, 9.17) is 9.47 Å². The Bertz CT molecular complexity index is 950. The van der Waals surface area contributed by atoms with Crippen LogP contribution in [0.3, 0.4) is 0 Å². The summed E-state index contributed by atoms with van der Waals surface area (Å²) in [5, 5.41) is 22.4. The van der Waals surface area contributed by atoms with E-state index in [9.17, 15) is 15.2 Å². The predicted molar refractivity (Wildman–Crippen MR) is 125 cm³/mol. The highest BCUT2D eigenvalue weighted by molar-refractivity contribution is 5.79. The van der Waals surface area contributed by atoms with Crippen LogP contribution in [0, 0.1) is 11.3 Å². The van der Waals surface area contributed by atoms with Gasteiger partial charge in [0, 0.05) is 38.8 Å². The normalized spacial score (nSPS) is 15.0. The number of para-hydroxylation sites is 1. The minimum Gasteiger partial charge on any atom is -0.481 e. The lowest BCUT2D eigenvalue weighted by molar-refractivity contribution is -0.137. The molecular weight excluding hydrogens is 406 g/mol. The summed E-state index contributed by atoms with van der Waals surface area (Å²) in [5.41, 5.74) is 4.04. The first-order chi connectivity index (χ1) is 15.6. The Morgan fingerprint density at radius 1 is 1.28 bits per heavy atom. The van der Waals surface area contributed by atoms with E-state index in [1.54, 1.807) is 13.2 Å². The van der Waals surface area contributed by atoms with Gasteiger partial charge in [-0.1, -0.05) is 18.2 Å². The van der Waals surface area contributed by atoms with Crippen LogP contribution in [-0.4, -0.2) is 50.6 Å². The zero-order valence-corrected chi connectivity index (χ0v) is 18.7. The lowest BCUT2D eigenvalue weighted by Crippen LogP contribution is -2.39. The van der Waals surface area contributed by atoms with Crippen LogP contribution >= 0.6 is 0 Å². The van der Waals surface area contributed by atoms with Crippen LogP contribution in [0.1, 0.15) is 43.2 Å². The van der Waals surface area contributed by atoms with Crippen molar-refractivity contribution in [2.45, 2.75) is 38.1 Å². The van der Waals surface area contributed by atoms with E-state index in [0.717, 1.165) is 55.2 Å². The minimum absolute atomic E-state index is 0.0150. The van der Waals surface area contributed by atoms with Crippen LogP contribution in [-0.2, 0) is 14.3 Å². The molecule has 2 aromatic carbocycles. The van der Waals surface area contributed by atoms with Crippen molar-refractivity contribution in [1.29, 1.82) is 5.26 Å².